The van der Waals surface area contributed by atoms with E-state index in [4.69, 9.17) is 5.11 Å². The van der Waals surface area contributed by atoms with Crippen LogP contribution in [0, 0.1) is 11.8 Å². The fraction of sp³-hybridized carbons (Fsp3) is 0.727. The Hall–Kier alpha value is -1.79. The Bertz CT molecular complexity index is 374. The Morgan fingerprint density at radius 1 is 1.33 bits per heavy atom. The lowest BCUT2D eigenvalue weighted by atomic mass is 9.91. The molecule has 2 rings (SSSR count). The number of alkyl carbamates (subject to hydrolysis) is 1. The monoisotopic (exact) mass is 256 g/mol. The number of amides is 2. The number of nitrogens with one attached hydrogen (secondary N) is 1. The molecule has 2 aliphatic rings. The summed E-state index contributed by atoms with van der Waals surface area (Å²) in [6, 6.07) is -0.999. The maximum Gasteiger partial charge on any atom is 0.407 e. The summed E-state index contributed by atoms with van der Waals surface area (Å²) < 4.78 is 4.38. The number of hydrogen-bond acceptors (Lipinski definition) is 4. The molecule has 7 nitrogen and oxygen atoms in total. The van der Waals surface area contributed by atoms with Gasteiger partial charge in [0.05, 0.1) is 7.11 Å². The topological polar surface area (TPSA) is 95.9 Å². The Balaban J connectivity index is 1.84. The lowest BCUT2D eigenvalue weighted by Gasteiger charge is -2.42. The Morgan fingerprint density at radius 3 is 2.39 bits per heavy atom. The van der Waals surface area contributed by atoms with Crippen LogP contribution in [0.2, 0.25) is 0 Å². The number of aliphatic carboxylic acids is 1. The number of carbonyl (C=O) groups excluding carboxylic acids is 2. The molecule has 100 valence electrons. The summed E-state index contributed by atoms with van der Waals surface area (Å²) in [7, 11) is 1.18. The summed E-state index contributed by atoms with van der Waals surface area (Å²) in [6.07, 6.45) is 1.10. The summed E-state index contributed by atoms with van der Waals surface area (Å²) in [5.74, 6) is -1.11. The van der Waals surface area contributed by atoms with Gasteiger partial charge in [-0.2, -0.15) is 0 Å². The first-order valence-electron chi connectivity index (χ1n) is 5.89. The van der Waals surface area contributed by atoms with Crippen LogP contribution in [0.3, 0.4) is 0 Å². The molecule has 0 unspecified atom stereocenters. The number of nitrogens with zero attached hydrogens (tertiary/aromatic N) is 1. The van der Waals surface area contributed by atoms with Crippen LogP contribution >= 0.6 is 0 Å². The predicted octanol–water partition coefficient (Wildman–Crippen LogP) is -0.336. The average molecular weight is 256 g/mol. The van der Waals surface area contributed by atoms with Crippen LogP contribution in [0.25, 0.3) is 0 Å². The van der Waals surface area contributed by atoms with Crippen molar-refractivity contribution in [2.75, 3.05) is 20.2 Å². The largest absolute Gasteiger partial charge is 0.480 e. The summed E-state index contributed by atoms with van der Waals surface area (Å²) in [4.78, 5) is 35.4. The summed E-state index contributed by atoms with van der Waals surface area (Å²) >= 11 is 0. The van der Waals surface area contributed by atoms with Gasteiger partial charge in [0, 0.05) is 24.9 Å². The predicted molar refractivity (Wildman–Crippen MR) is 59.8 cm³/mol. The van der Waals surface area contributed by atoms with Crippen LogP contribution in [0.15, 0.2) is 0 Å². The van der Waals surface area contributed by atoms with E-state index in [1.807, 2.05) is 0 Å². The van der Waals surface area contributed by atoms with E-state index in [-0.39, 0.29) is 17.7 Å². The van der Waals surface area contributed by atoms with Gasteiger partial charge in [-0.05, 0) is 12.8 Å². The Kier molecular flexibility index (Phi) is 3.40. The van der Waals surface area contributed by atoms with E-state index in [2.05, 4.69) is 10.1 Å². The molecule has 0 aromatic heterocycles. The molecule has 1 atom stereocenters. The van der Waals surface area contributed by atoms with Gasteiger partial charge in [-0.3, -0.25) is 4.79 Å². The molecule has 2 amide bonds. The van der Waals surface area contributed by atoms with Gasteiger partial charge in [0.2, 0.25) is 5.91 Å². The minimum atomic E-state index is -1.11. The second-order valence-electron chi connectivity index (χ2n) is 4.73. The summed E-state index contributed by atoms with van der Waals surface area (Å²) in [6.45, 7) is 0.770. The third-order valence-electron chi connectivity index (χ3n) is 3.34. The number of ether oxygens (including phenoxy) is 1. The molecule has 1 saturated carbocycles. The fourth-order valence-electron chi connectivity index (χ4n) is 2.06. The number of carbonyl (C=O) groups is 3. The highest BCUT2D eigenvalue weighted by Gasteiger charge is 2.44. The van der Waals surface area contributed by atoms with E-state index in [0.717, 1.165) is 12.8 Å². The first-order valence-corrected chi connectivity index (χ1v) is 5.89. The third kappa shape index (κ3) is 2.55. The Morgan fingerprint density at radius 2 is 1.94 bits per heavy atom. The molecular weight excluding hydrogens is 240 g/mol. The van der Waals surface area contributed by atoms with Gasteiger partial charge in [0.25, 0.3) is 0 Å². The van der Waals surface area contributed by atoms with Crippen LogP contribution in [-0.4, -0.2) is 54.2 Å². The zero-order chi connectivity index (χ0) is 13.3. The molecule has 7 heteroatoms. The van der Waals surface area contributed by atoms with E-state index in [9.17, 15) is 14.4 Å². The molecule has 0 bridgehead atoms. The normalized spacial score (nSPS) is 20.8. The van der Waals surface area contributed by atoms with Gasteiger partial charge < -0.3 is 20.1 Å². The molecule has 1 aliphatic carbocycles. The van der Waals surface area contributed by atoms with Crippen molar-refractivity contribution in [2.24, 2.45) is 11.8 Å². The second-order valence-corrected chi connectivity index (χ2v) is 4.73. The standard InChI is InChI=1S/C11H16N2O5/c1-18-11(17)12-8(10(15)16)7-4-13(5-7)9(14)6-2-3-6/h6-8H,2-5H2,1H3,(H,12,17)(H,15,16)/t8-/m1/s1. The molecule has 0 radical (unpaired) electrons. The molecule has 1 heterocycles. The molecule has 1 saturated heterocycles. The second kappa shape index (κ2) is 4.83. The number of rotatable bonds is 4. The zero-order valence-electron chi connectivity index (χ0n) is 10.1. The zero-order valence-corrected chi connectivity index (χ0v) is 10.1. The van der Waals surface area contributed by atoms with Crippen molar-refractivity contribution in [3.05, 3.63) is 0 Å². The van der Waals surface area contributed by atoms with E-state index in [0.29, 0.717) is 13.1 Å². The number of methoxy groups -OCH3 is 1. The first kappa shape index (κ1) is 12.7. The minimum absolute atomic E-state index is 0.105. The molecule has 0 aromatic rings. The summed E-state index contributed by atoms with van der Waals surface area (Å²) in [5, 5.41) is 11.3. The fourth-order valence-corrected chi connectivity index (χ4v) is 2.06. The van der Waals surface area contributed by atoms with E-state index < -0.39 is 18.1 Å². The van der Waals surface area contributed by atoms with Gasteiger partial charge in [0.1, 0.15) is 6.04 Å². The molecular formula is C11H16N2O5. The van der Waals surface area contributed by atoms with E-state index in [1.54, 1.807) is 4.90 Å². The van der Waals surface area contributed by atoms with Crippen LogP contribution < -0.4 is 5.32 Å². The van der Waals surface area contributed by atoms with Crippen molar-refractivity contribution in [1.82, 2.24) is 10.2 Å². The van der Waals surface area contributed by atoms with Crippen molar-refractivity contribution in [1.29, 1.82) is 0 Å². The molecule has 2 N–H and O–H groups in total. The smallest absolute Gasteiger partial charge is 0.407 e. The third-order valence-corrected chi connectivity index (χ3v) is 3.34. The first-order chi connectivity index (χ1) is 8.52. The van der Waals surface area contributed by atoms with Crippen molar-refractivity contribution in [2.45, 2.75) is 18.9 Å². The van der Waals surface area contributed by atoms with Crippen LogP contribution in [-0.2, 0) is 14.3 Å². The average Bonchev–Trinajstić information content (AvgIpc) is 3.08. The molecule has 2 fully saturated rings. The molecule has 0 aromatic carbocycles. The van der Waals surface area contributed by atoms with Gasteiger partial charge in [0.15, 0.2) is 0 Å². The van der Waals surface area contributed by atoms with Gasteiger partial charge in [-0.1, -0.05) is 0 Å². The van der Waals surface area contributed by atoms with Gasteiger partial charge >= 0.3 is 12.1 Å². The SMILES string of the molecule is COC(=O)N[C@@H](C(=O)O)C1CN(C(=O)C2CC2)C1. The van der Waals surface area contributed by atoms with Crippen molar-refractivity contribution >= 4 is 18.0 Å². The van der Waals surface area contributed by atoms with E-state index >= 15 is 0 Å². The Labute approximate surface area is 104 Å². The van der Waals surface area contributed by atoms with Crippen LogP contribution in [0.5, 0.6) is 0 Å². The van der Waals surface area contributed by atoms with Gasteiger partial charge in [-0.15, -0.1) is 0 Å². The molecule has 18 heavy (non-hydrogen) atoms. The number of hydrogen-bond donors (Lipinski definition) is 2. The summed E-state index contributed by atoms with van der Waals surface area (Å²) in [5.41, 5.74) is 0. The maximum atomic E-state index is 11.7. The van der Waals surface area contributed by atoms with Crippen molar-refractivity contribution in [3.8, 4) is 0 Å². The van der Waals surface area contributed by atoms with Crippen molar-refractivity contribution < 1.29 is 24.2 Å². The van der Waals surface area contributed by atoms with Crippen LogP contribution in [0.1, 0.15) is 12.8 Å². The van der Waals surface area contributed by atoms with Gasteiger partial charge in [-0.25, -0.2) is 9.59 Å². The number of carboxylic acids is 1. The lowest BCUT2D eigenvalue weighted by molar-refractivity contribution is -0.148. The molecule has 0 spiro atoms. The highest BCUT2D eigenvalue weighted by Crippen LogP contribution is 2.34. The number of carboxylic acid groups (broad SMARTS) is 1. The molecule has 1 aliphatic heterocycles. The van der Waals surface area contributed by atoms with Crippen LogP contribution in [0.4, 0.5) is 4.79 Å². The highest BCUT2D eigenvalue weighted by molar-refractivity contribution is 5.83. The number of likely N-dealkylation sites (tertiary alicyclic amines) is 1. The minimum Gasteiger partial charge on any atom is -0.480 e. The van der Waals surface area contributed by atoms with E-state index in [1.165, 1.54) is 7.11 Å². The quantitative estimate of drug-likeness (QED) is 0.717. The maximum absolute atomic E-state index is 11.7. The van der Waals surface area contributed by atoms with Crippen molar-refractivity contribution in [3.63, 3.8) is 0 Å². The highest BCUT2D eigenvalue weighted by atomic mass is 16.5. The lowest BCUT2D eigenvalue weighted by Crippen LogP contribution is -2.61.